The smallest absolute Gasteiger partial charge is 0.290 e. The molecule has 3 aromatic rings. The molecule has 0 bridgehead atoms. The van der Waals surface area contributed by atoms with Gasteiger partial charge in [-0.25, -0.2) is 8.78 Å². The quantitative estimate of drug-likeness (QED) is 0.392. The van der Waals surface area contributed by atoms with Crippen molar-refractivity contribution in [2.45, 2.75) is 32.0 Å². The number of hydrogen-bond acceptors (Lipinski definition) is 8. The number of fused-ring (bicyclic) bond motifs is 2. The molecule has 5 rings (SSSR count). The van der Waals surface area contributed by atoms with Gasteiger partial charge in [-0.1, -0.05) is 0 Å². The van der Waals surface area contributed by atoms with Gasteiger partial charge in [0.2, 0.25) is 0 Å². The van der Waals surface area contributed by atoms with Crippen molar-refractivity contribution in [2.75, 3.05) is 32.8 Å². The number of pyridine rings is 2. The number of piperidine rings is 1. The summed E-state index contributed by atoms with van der Waals surface area (Å²) in [6, 6.07) is 7.11. The number of hydrogen-bond donors (Lipinski definition) is 3. The Labute approximate surface area is 222 Å². The van der Waals surface area contributed by atoms with Crippen LogP contribution in [0.25, 0.3) is 10.9 Å². The van der Waals surface area contributed by atoms with Crippen molar-refractivity contribution >= 4 is 23.8 Å². The van der Waals surface area contributed by atoms with Crippen molar-refractivity contribution in [3.05, 3.63) is 64.2 Å². The van der Waals surface area contributed by atoms with E-state index in [1.54, 1.807) is 6.20 Å². The molecule has 11 nitrogen and oxygen atoms in total. The van der Waals surface area contributed by atoms with E-state index < -0.39 is 11.6 Å². The molecule has 0 radical (unpaired) electrons. The van der Waals surface area contributed by atoms with E-state index in [4.69, 9.17) is 29.3 Å². The number of benzene rings is 1. The summed E-state index contributed by atoms with van der Waals surface area (Å²) < 4.78 is 40.4. The monoisotopic (exact) mass is 548 g/mol. The normalized spacial score (nSPS) is 14.9. The van der Waals surface area contributed by atoms with Gasteiger partial charge in [0.25, 0.3) is 18.5 Å². The number of ether oxygens (including phenoxy) is 2. The summed E-state index contributed by atoms with van der Waals surface area (Å²) in [5.41, 5.74) is 0.955. The van der Waals surface area contributed by atoms with E-state index in [0.29, 0.717) is 50.2 Å². The van der Waals surface area contributed by atoms with Gasteiger partial charge in [0.1, 0.15) is 24.8 Å². The highest BCUT2D eigenvalue weighted by Crippen LogP contribution is 2.29. The Bertz CT molecular complexity index is 1310. The SMILES string of the molecule is O=CO.O=CO.O=c1ccc2c(F)cc(F)cc2n1CCN1CCC(NCc2cc3c(cn2)OCCO3)CC1. The summed E-state index contributed by atoms with van der Waals surface area (Å²) in [5, 5.41) is 17.6. The molecular weight excluding hydrogens is 518 g/mol. The fourth-order valence-corrected chi connectivity index (χ4v) is 4.49. The standard InChI is InChI=1S/C24H26F2N4O3.2CH2O2/c25-16-11-20(26)19-1-2-24(31)30(21(19)12-16)8-7-29-5-3-17(4-6-29)27-14-18-13-22-23(15-28-18)33-10-9-32-22;2*2-1-3/h1-2,11-13,15,17,27H,3-10,14H2;2*1H,(H,2,3). The fourth-order valence-electron chi connectivity index (χ4n) is 4.49. The molecule has 2 aliphatic rings. The Kier molecular flexibility index (Phi) is 11.1. The van der Waals surface area contributed by atoms with Crippen LogP contribution in [0.2, 0.25) is 0 Å². The number of rotatable bonds is 6. The highest BCUT2D eigenvalue weighted by molar-refractivity contribution is 5.79. The highest BCUT2D eigenvalue weighted by atomic mass is 19.1. The maximum absolute atomic E-state index is 14.1. The van der Waals surface area contributed by atoms with Crippen molar-refractivity contribution in [1.82, 2.24) is 19.8 Å². The summed E-state index contributed by atoms with van der Waals surface area (Å²) in [5.74, 6) is 0.0947. The molecule has 2 aliphatic heterocycles. The zero-order valence-corrected chi connectivity index (χ0v) is 21.1. The van der Waals surface area contributed by atoms with E-state index in [1.807, 2.05) is 6.07 Å². The molecule has 1 aromatic carbocycles. The molecule has 2 aromatic heterocycles. The number of likely N-dealkylation sites (tertiary alicyclic amines) is 1. The molecule has 1 fully saturated rings. The van der Waals surface area contributed by atoms with Gasteiger partial charge in [0, 0.05) is 49.3 Å². The van der Waals surface area contributed by atoms with Crippen molar-refractivity contribution in [3.63, 3.8) is 0 Å². The van der Waals surface area contributed by atoms with Crippen molar-refractivity contribution in [2.24, 2.45) is 0 Å². The van der Waals surface area contributed by atoms with Crippen LogP contribution in [-0.2, 0) is 22.7 Å². The predicted octanol–water partition coefficient (Wildman–Crippen LogP) is 2.10. The topological polar surface area (TPSA) is 143 Å². The van der Waals surface area contributed by atoms with Gasteiger partial charge in [0.15, 0.2) is 11.5 Å². The zero-order valence-electron chi connectivity index (χ0n) is 21.1. The Morgan fingerprint density at radius 1 is 1.00 bits per heavy atom. The first-order valence-electron chi connectivity index (χ1n) is 12.2. The van der Waals surface area contributed by atoms with Gasteiger partial charge in [-0.3, -0.25) is 19.4 Å². The molecule has 1 saturated heterocycles. The van der Waals surface area contributed by atoms with Crippen LogP contribution in [0.4, 0.5) is 8.78 Å². The lowest BCUT2D eigenvalue weighted by Gasteiger charge is -2.32. The highest BCUT2D eigenvalue weighted by Gasteiger charge is 2.20. The second-order valence-corrected chi connectivity index (χ2v) is 8.67. The minimum Gasteiger partial charge on any atom is -0.486 e. The number of halogens is 2. The predicted molar refractivity (Wildman–Crippen MR) is 137 cm³/mol. The van der Waals surface area contributed by atoms with Crippen LogP contribution >= 0.6 is 0 Å². The molecule has 0 saturated carbocycles. The van der Waals surface area contributed by atoms with Crippen LogP contribution < -0.4 is 20.3 Å². The number of nitrogens with one attached hydrogen (secondary N) is 1. The third kappa shape index (κ3) is 8.19. The minimum absolute atomic E-state index is 0.250. The lowest BCUT2D eigenvalue weighted by atomic mass is 10.0. The molecule has 39 heavy (non-hydrogen) atoms. The molecule has 13 heteroatoms. The van der Waals surface area contributed by atoms with Crippen LogP contribution in [0, 0.1) is 11.6 Å². The van der Waals surface area contributed by atoms with Gasteiger partial charge in [-0.15, -0.1) is 0 Å². The third-order valence-electron chi connectivity index (χ3n) is 6.31. The lowest BCUT2D eigenvalue weighted by Crippen LogP contribution is -2.43. The molecule has 0 spiro atoms. The fraction of sp³-hybridized carbons (Fsp3) is 0.385. The van der Waals surface area contributed by atoms with E-state index in [1.165, 1.54) is 22.8 Å². The molecular formula is C26H30F2N4O7. The van der Waals surface area contributed by atoms with E-state index in [-0.39, 0.29) is 23.9 Å². The van der Waals surface area contributed by atoms with Crippen molar-refractivity contribution in [3.8, 4) is 11.5 Å². The first-order valence-corrected chi connectivity index (χ1v) is 12.2. The molecule has 210 valence electrons. The van der Waals surface area contributed by atoms with Crippen LogP contribution in [0.5, 0.6) is 11.5 Å². The summed E-state index contributed by atoms with van der Waals surface area (Å²) in [6.07, 6.45) is 3.65. The Balaban J connectivity index is 0.000000643. The van der Waals surface area contributed by atoms with E-state index in [0.717, 1.165) is 43.4 Å². The van der Waals surface area contributed by atoms with Crippen molar-refractivity contribution in [1.29, 1.82) is 0 Å². The Morgan fingerprint density at radius 3 is 2.36 bits per heavy atom. The second-order valence-electron chi connectivity index (χ2n) is 8.67. The molecule has 0 atom stereocenters. The summed E-state index contributed by atoms with van der Waals surface area (Å²) in [7, 11) is 0. The van der Waals surface area contributed by atoms with E-state index in [2.05, 4.69) is 15.2 Å². The second kappa shape index (κ2) is 14.7. The third-order valence-corrected chi connectivity index (χ3v) is 6.31. The number of carbonyl (C=O) groups is 2. The lowest BCUT2D eigenvalue weighted by molar-refractivity contribution is -0.123. The van der Waals surface area contributed by atoms with Gasteiger partial charge in [-0.05, 0) is 38.1 Å². The maximum atomic E-state index is 14.1. The zero-order chi connectivity index (χ0) is 28.2. The van der Waals surface area contributed by atoms with Crippen molar-refractivity contribution < 1.29 is 38.1 Å². The molecule has 3 N–H and O–H groups in total. The average molecular weight is 549 g/mol. The average Bonchev–Trinajstić information content (AvgIpc) is 2.92. The van der Waals surface area contributed by atoms with Gasteiger partial charge in [-0.2, -0.15) is 0 Å². The molecule has 0 amide bonds. The van der Waals surface area contributed by atoms with Gasteiger partial charge < -0.3 is 34.5 Å². The number of nitrogens with zero attached hydrogens (tertiary/aromatic N) is 3. The number of carboxylic acid groups (broad SMARTS) is 2. The molecule has 4 heterocycles. The van der Waals surface area contributed by atoms with Crippen LogP contribution in [0.1, 0.15) is 18.5 Å². The van der Waals surface area contributed by atoms with Gasteiger partial charge >= 0.3 is 0 Å². The first-order chi connectivity index (χ1) is 18.9. The van der Waals surface area contributed by atoms with Crippen LogP contribution in [0.3, 0.4) is 0 Å². The Morgan fingerprint density at radius 2 is 1.67 bits per heavy atom. The number of aromatic nitrogens is 2. The summed E-state index contributed by atoms with van der Waals surface area (Å²) >= 11 is 0. The maximum Gasteiger partial charge on any atom is 0.290 e. The van der Waals surface area contributed by atoms with Gasteiger partial charge in [0.05, 0.1) is 17.4 Å². The molecule has 0 unspecified atom stereocenters. The van der Waals surface area contributed by atoms with Crippen LogP contribution in [0.15, 0.2) is 41.3 Å². The largest absolute Gasteiger partial charge is 0.486 e. The minimum atomic E-state index is -0.682. The summed E-state index contributed by atoms with van der Waals surface area (Å²) in [6.45, 7) is 4.06. The Hall–Kier alpha value is -4.10. The van der Waals surface area contributed by atoms with Crippen LogP contribution in [-0.4, -0.2) is 76.5 Å². The summed E-state index contributed by atoms with van der Waals surface area (Å²) in [4.78, 5) is 35.8. The van der Waals surface area contributed by atoms with E-state index in [9.17, 15) is 13.6 Å². The first kappa shape index (κ1) is 29.5. The molecule has 0 aliphatic carbocycles. The van der Waals surface area contributed by atoms with E-state index >= 15 is 0 Å².